The van der Waals surface area contributed by atoms with Crippen LogP contribution in [0.4, 0.5) is 0 Å². The van der Waals surface area contributed by atoms with Crippen molar-refractivity contribution in [1.82, 2.24) is 5.32 Å². The summed E-state index contributed by atoms with van der Waals surface area (Å²) in [5.74, 6) is 0.688. The first-order valence-electron chi connectivity index (χ1n) is 7.05. The van der Waals surface area contributed by atoms with Gasteiger partial charge in [0.05, 0.1) is 0 Å². The number of hydrogen-bond acceptors (Lipinski definition) is 4. The Morgan fingerprint density at radius 1 is 1.35 bits per heavy atom. The molecular formula is C15H21NO4. The van der Waals surface area contributed by atoms with Gasteiger partial charge in [-0.1, -0.05) is 25.8 Å². The smallest absolute Gasteiger partial charge is 0.320 e. The molecule has 1 aromatic carbocycles. The SMILES string of the molecule is CCCCC(NCc1ccc2c(c1)OCCO2)C(=O)O. The van der Waals surface area contributed by atoms with Crippen LogP contribution in [0.1, 0.15) is 31.7 Å². The van der Waals surface area contributed by atoms with Crippen LogP contribution in [0, 0.1) is 0 Å². The van der Waals surface area contributed by atoms with Crippen LogP contribution in [0.5, 0.6) is 11.5 Å². The standard InChI is InChI=1S/C15H21NO4/c1-2-3-4-12(15(17)18)16-10-11-5-6-13-14(9-11)20-8-7-19-13/h5-6,9,12,16H,2-4,7-8,10H2,1H3,(H,17,18). The zero-order valence-corrected chi connectivity index (χ0v) is 11.7. The molecule has 1 aliphatic heterocycles. The van der Waals surface area contributed by atoms with Gasteiger partial charge in [0.25, 0.3) is 0 Å². The molecule has 20 heavy (non-hydrogen) atoms. The molecule has 0 aliphatic carbocycles. The molecule has 5 heteroatoms. The minimum Gasteiger partial charge on any atom is -0.486 e. The number of benzene rings is 1. The van der Waals surface area contributed by atoms with Crippen molar-refractivity contribution in [3.05, 3.63) is 23.8 Å². The maximum atomic E-state index is 11.2. The maximum absolute atomic E-state index is 11.2. The van der Waals surface area contributed by atoms with Gasteiger partial charge in [-0.25, -0.2) is 0 Å². The lowest BCUT2D eigenvalue weighted by Crippen LogP contribution is -2.36. The molecule has 110 valence electrons. The monoisotopic (exact) mass is 279 g/mol. The van der Waals surface area contributed by atoms with Crippen molar-refractivity contribution in [1.29, 1.82) is 0 Å². The molecule has 0 saturated heterocycles. The molecule has 1 unspecified atom stereocenters. The van der Waals surface area contributed by atoms with E-state index in [0.29, 0.717) is 26.2 Å². The van der Waals surface area contributed by atoms with E-state index in [1.807, 2.05) is 18.2 Å². The highest BCUT2D eigenvalue weighted by atomic mass is 16.6. The Kier molecular flexibility index (Phi) is 5.24. The summed E-state index contributed by atoms with van der Waals surface area (Å²) in [4.78, 5) is 11.2. The number of fused-ring (bicyclic) bond motifs is 1. The third kappa shape index (κ3) is 3.87. The molecule has 0 radical (unpaired) electrons. The lowest BCUT2D eigenvalue weighted by Gasteiger charge is -2.19. The lowest BCUT2D eigenvalue weighted by atomic mass is 10.1. The van der Waals surface area contributed by atoms with Crippen molar-refractivity contribution in [2.45, 2.75) is 38.8 Å². The van der Waals surface area contributed by atoms with Crippen LogP contribution < -0.4 is 14.8 Å². The molecule has 2 rings (SSSR count). The van der Waals surface area contributed by atoms with E-state index >= 15 is 0 Å². The quantitative estimate of drug-likeness (QED) is 0.801. The molecule has 1 heterocycles. The summed E-state index contributed by atoms with van der Waals surface area (Å²) in [5.41, 5.74) is 0.997. The Bertz CT molecular complexity index is 461. The summed E-state index contributed by atoms with van der Waals surface area (Å²) >= 11 is 0. The minimum absolute atomic E-state index is 0.497. The summed E-state index contributed by atoms with van der Waals surface area (Å²) in [5, 5.41) is 12.2. The van der Waals surface area contributed by atoms with Gasteiger partial charge < -0.3 is 19.9 Å². The Morgan fingerprint density at radius 2 is 2.10 bits per heavy atom. The van der Waals surface area contributed by atoms with Crippen LogP contribution in [0.15, 0.2) is 18.2 Å². The number of carbonyl (C=O) groups is 1. The van der Waals surface area contributed by atoms with E-state index in [1.54, 1.807) is 0 Å². The fourth-order valence-electron chi connectivity index (χ4n) is 2.16. The maximum Gasteiger partial charge on any atom is 0.320 e. The van der Waals surface area contributed by atoms with E-state index in [2.05, 4.69) is 12.2 Å². The number of hydrogen-bond donors (Lipinski definition) is 2. The van der Waals surface area contributed by atoms with Gasteiger partial charge in [0.1, 0.15) is 19.3 Å². The van der Waals surface area contributed by atoms with Crippen molar-refractivity contribution >= 4 is 5.97 Å². The van der Waals surface area contributed by atoms with Crippen molar-refractivity contribution in [3.63, 3.8) is 0 Å². The Balaban J connectivity index is 1.93. The number of ether oxygens (including phenoxy) is 2. The van der Waals surface area contributed by atoms with Gasteiger partial charge >= 0.3 is 5.97 Å². The topological polar surface area (TPSA) is 67.8 Å². The highest BCUT2D eigenvalue weighted by molar-refractivity contribution is 5.73. The molecule has 0 saturated carbocycles. The van der Waals surface area contributed by atoms with Crippen molar-refractivity contribution in [3.8, 4) is 11.5 Å². The van der Waals surface area contributed by atoms with Crippen LogP contribution in [0.2, 0.25) is 0 Å². The molecule has 0 fully saturated rings. The van der Waals surface area contributed by atoms with E-state index in [-0.39, 0.29) is 0 Å². The first-order valence-corrected chi connectivity index (χ1v) is 7.05. The van der Waals surface area contributed by atoms with Gasteiger partial charge in [0.2, 0.25) is 0 Å². The van der Waals surface area contributed by atoms with E-state index in [4.69, 9.17) is 14.6 Å². The number of unbranched alkanes of at least 4 members (excludes halogenated alkanes) is 1. The molecule has 1 atom stereocenters. The van der Waals surface area contributed by atoms with Gasteiger partial charge in [-0.05, 0) is 24.1 Å². The van der Waals surface area contributed by atoms with Crippen LogP contribution in [0.25, 0.3) is 0 Å². The van der Waals surface area contributed by atoms with Gasteiger partial charge in [-0.3, -0.25) is 4.79 Å². The Labute approximate surface area is 118 Å². The highest BCUT2D eigenvalue weighted by Gasteiger charge is 2.17. The summed E-state index contributed by atoms with van der Waals surface area (Å²) in [6.07, 6.45) is 2.55. The second kappa shape index (κ2) is 7.14. The zero-order chi connectivity index (χ0) is 14.4. The third-order valence-corrected chi connectivity index (χ3v) is 3.30. The largest absolute Gasteiger partial charge is 0.486 e. The zero-order valence-electron chi connectivity index (χ0n) is 11.7. The van der Waals surface area contributed by atoms with Crippen LogP contribution >= 0.6 is 0 Å². The van der Waals surface area contributed by atoms with E-state index in [0.717, 1.165) is 29.9 Å². The van der Waals surface area contributed by atoms with Crippen LogP contribution in [-0.2, 0) is 11.3 Å². The average molecular weight is 279 g/mol. The summed E-state index contributed by atoms with van der Waals surface area (Å²) < 4.78 is 11.0. The van der Waals surface area contributed by atoms with Crippen molar-refractivity contribution in [2.75, 3.05) is 13.2 Å². The van der Waals surface area contributed by atoms with Crippen molar-refractivity contribution < 1.29 is 19.4 Å². The molecule has 0 aromatic heterocycles. The van der Waals surface area contributed by atoms with E-state index in [9.17, 15) is 4.79 Å². The number of nitrogens with one attached hydrogen (secondary N) is 1. The Morgan fingerprint density at radius 3 is 2.80 bits per heavy atom. The second-order valence-electron chi connectivity index (χ2n) is 4.89. The molecular weight excluding hydrogens is 258 g/mol. The first-order chi connectivity index (χ1) is 9.70. The molecule has 0 bridgehead atoms. The fourth-order valence-corrected chi connectivity index (χ4v) is 2.16. The summed E-state index contributed by atoms with van der Waals surface area (Å²) in [6, 6.07) is 5.20. The molecule has 1 aromatic rings. The van der Waals surface area contributed by atoms with Gasteiger partial charge in [0.15, 0.2) is 11.5 Å². The summed E-state index contributed by atoms with van der Waals surface area (Å²) in [6.45, 7) is 3.69. The predicted octanol–water partition coefficient (Wildman–Crippen LogP) is 2.19. The van der Waals surface area contributed by atoms with Gasteiger partial charge in [-0.2, -0.15) is 0 Å². The molecule has 0 spiro atoms. The summed E-state index contributed by atoms with van der Waals surface area (Å²) in [7, 11) is 0. The number of carboxylic acids is 1. The predicted molar refractivity (Wildman–Crippen MR) is 75.2 cm³/mol. The number of aliphatic carboxylic acids is 1. The highest BCUT2D eigenvalue weighted by Crippen LogP contribution is 2.30. The third-order valence-electron chi connectivity index (χ3n) is 3.30. The molecule has 0 amide bonds. The average Bonchev–Trinajstić information content (AvgIpc) is 2.46. The van der Waals surface area contributed by atoms with Gasteiger partial charge in [-0.15, -0.1) is 0 Å². The first kappa shape index (κ1) is 14.7. The van der Waals surface area contributed by atoms with Gasteiger partial charge in [0, 0.05) is 6.54 Å². The number of carboxylic acid groups (broad SMARTS) is 1. The number of rotatable bonds is 7. The molecule has 5 nitrogen and oxygen atoms in total. The lowest BCUT2D eigenvalue weighted by molar-refractivity contribution is -0.139. The van der Waals surface area contributed by atoms with Crippen LogP contribution in [0.3, 0.4) is 0 Å². The molecule has 2 N–H and O–H groups in total. The second-order valence-corrected chi connectivity index (χ2v) is 4.89. The van der Waals surface area contributed by atoms with E-state index in [1.165, 1.54) is 0 Å². The van der Waals surface area contributed by atoms with Crippen molar-refractivity contribution in [2.24, 2.45) is 0 Å². The normalized spacial score (nSPS) is 14.8. The fraction of sp³-hybridized carbons (Fsp3) is 0.533. The minimum atomic E-state index is -0.795. The van der Waals surface area contributed by atoms with E-state index < -0.39 is 12.0 Å². The Hall–Kier alpha value is -1.75. The molecule has 1 aliphatic rings. The van der Waals surface area contributed by atoms with Crippen LogP contribution in [-0.4, -0.2) is 30.3 Å².